The maximum atomic E-state index is 13.3. The van der Waals surface area contributed by atoms with Crippen LogP contribution in [0.5, 0.6) is 0 Å². The van der Waals surface area contributed by atoms with Gasteiger partial charge in [-0.25, -0.2) is 4.39 Å². The van der Waals surface area contributed by atoms with Gasteiger partial charge in [-0.05, 0) is 67.7 Å². The maximum Gasteiger partial charge on any atom is 0.313 e. The third-order valence-electron chi connectivity index (χ3n) is 6.04. The molecule has 0 aromatic heterocycles. The lowest BCUT2D eigenvalue weighted by Crippen LogP contribution is -2.41. The van der Waals surface area contributed by atoms with Crippen LogP contribution < -0.4 is 15.5 Å². The van der Waals surface area contributed by atoms with E-state index in [9.17, 15) is 14.0 Å². The van der Waals surface area contributed by atoms with Crippen molar-refractivity contribution >= 4 is 34.8 Å². The molecular weight excluding hydrogens is 419 g/mol. The summed E-state index contributed by atoms with van der Waals surface area (Å²) in [6.07, 6.45) is 3.27. The molecule has 0 spiro atoms. The van der Waals surface area contributed by atoms with Crippen LogP contribution >= 0.6 is 11.6 Å². The summed E-state index contributed by atoms with van der Waals surface area (Å²) >= 11 is 5.73. The number of nitrogens with zero attached hydrogens (tertiary/aromatic N) is 2. The lowest BCUT2D eigenvalue weighted by molar-refractivity contribution is -0.136. The Balaban J connectivity index is 1.43. The van der Waals surface area contributed by atoms with Gasteiger partial charge in [0.1, 0.15) is 5.82 Å². The van der Waals surface area contributed by atoms with Crippen LogP contribution in [0.3, 0.4) is 0 Å². The summed E-state index contributed by atoms with van der Waals surface area (Å²) in [5.41, 5.74) is 4.00. The second-order valence-corrected chi connectivity index (χ2v) is 8.52. The molecule has 2 heterocycles. The van der Waals surface area contributed by atoms with Crippen molar-refractivity contribution in [2.24, 2.45) is 0 Å². The summed E-state index contributed by atoms with van der Waals surface area (Å²) in [5, 5.41) is 5.11. The molecule has 0 aliphatic carbocycles. The van der Waals surface area contributed by atoms with E-state index in [0.29, 0.717) is 6.54 Å². The summed E-state index contributed by atoms with van der Waals surface area (Å²) in [6.45, 7) is 3.29. The van der Waals surface area contributed by atoms with Crippen molar-refractivity contribution in [1.29, 1.82) is 0 Å². The fourth-order valence-corrected chi connectivity index (χ4v) is 4.52. The highest BCUT2D eigenvalue weighted by Gasteiger charge is 2.27. The summed E-state index contributed by atoms with van der Waals surface area (Å²) in [5.74, 6) is -2.12. The Bertz CT molecular complexity index is 994. The van der Waals surface area contributed by atoms with Crippen molar-refractivity contribution < 1.29 is 14.0 Å². The number of benzene rings is 2. The van der Waals surface area contributed by atoms with E-state index in [-0.39, 0.29) is 16.8 Å². The first-order valence-electron chi connectivity index (χ1n) is 10.5. The summed E-state index contributed by atoms with van der Waals surface area (Å²) in [7, 11) is 2.09. The van der Waals surface area contributed by atoms with Gasteiger partial charge in [0, 0.05) is 31.5 Å². The second-order valence-electron chi connectivity index (χ2n) is 8.11. The molecule has 4 rings (SSSR count). The Kier molecular flexibility index (Phi) is 6.43. The Labute approximate surface area is 186 Å². The second kappa shape index (κ2) is 9.24. The monoisotopic (exact) mass is 444 g/mol. The van der Waals surface area contributed by atoms with E-state index in [1.165, 1.54) is 23.4 Å². The van der Waals surface area contributed by atoms with E-state index in [1.54, 1.807) is 0 Å². The van der Waals surface area contributed by atoms with Gasteiger partial charge in [0.2, 0.25) is 0 Å². The molecule has 2 aromatic rings. The molecule has 0 radical (unpaired) electrons. The average molecular weight is 445 g/mol. The lowest BCUT2D eigenvalue weighted by Gasteiger charge is -2.28. The number of halogens is 2. The fraction of sp³-hybridized carbons (Fsp3) is 0.391. The average Bonchev–Trinajstić information content (AvgIpc) is 3.41. The molecule has 2 aromatic carbocycles. The highest BCUT2D eigenvalue weighted by atomic mass is 35.5. The smallest absolute Gasteiger partial charge is 0.313 e. The van der Waals surface area contributed by atoms with Crippen LogP contribution in [0.1, 0.15) is 30.0 Å². The van der Waals surface area contributed by atoms with Gasteiger partial charge in [0.15, 0.2) is 0 Å². The number of likely N-dealkylation sites (N-methyl/N-ethyl adjacent to an activating group) is 1. The SMILES string of the molecule is CN1CCc2cc(C(CNC(=O)C(=O)Nc3ccc(F)c(Cl)c3)N3CCCC3)ccc21. The molecule has 1 saturated heterocycles. The van der Waals surface area contributed by atoms with Crippen molar-refractivity contribution in [2.75, 3.05) is 43.4 Å². The van der Waals surface area contributed by atoms with Crippen molar-refractivity contribution in [2.45, 2.75) is 25.3 Å². The molecule has 8 heteroatoms. The number of amides is 2. The zero-order valence-electron chi connectivity index (χ0n) is 17.5. The lowest BCUT2D eigenvalue weighted by atomic mass is 10.0. The van der Waals surface area contributed by atoms with E-state index in [2.05, 4.69) is 45.7 Å². The molecule has 6 nitrogen and oxygen atoms in total. The largest absolute Gasteiger partial charge is 0.374 e. The molecule has 2 amide bonds. The predicted octanol–water partition coefficient (Wildman–Crippen LogP) is 3.36. The number of carbonyl (C=O) groups is 2. The number of carbonyl (C=O) groups excluding carboxylic acids is 2. The number of rotatable bonds is 5. The van der Waals surface area contributed by atoms with Gasteiger partial charge < -0.3 is 15.5 Å². The first-order chi connectivity index (χ1) is 14.9. The number of fused-ring (bicyclic) bond motifs is 1. The van der Waals surface area contributed by atoms with Crippen LogP contribution in [-0.2, 0) is 16.0 Å². The quantitative estimate of drug-likeness (QED) is 0.694. The van der Waals surface area contributed by atoms with E-state index in [4.69, 9.17) is 11.6 Å². The minimum atomic E-state index is -0.807. The topological polar surface area (TPSA) is 64.7 Å². The molecule has 1 fully saturated rings. The van der Waals surface area contributed by atoms with Crippen LogP contribution in [0, 0.1) is 5.82 Å². The molecular formula is C23H26ClFN4O2. The summed E-state index contributed by atoms with van der Waals surface area (Å²) < 4.78 is 13.3. The number of hydrogen-bond donors (Lipinski definition) is 2. The normalized spacial score (nSPS) is 16.8. The van der Waals surface area contributed by atoms with Crippen LogP contribution in [-0.4, -0.2) is 49.9 Å². The minimum Gasteiger partial charge on any atom is -0.374 e. The molecule has 2 aliphatic rings. The van der Waals surface area contributed by atoms with Gasteiger partial charge in [-0.2, -0.15) is 0 Å². The Morgan fingerprint density at radius 3 is 2.61 bits per heavy atom. The zero-order chi connectivity index (χ0) is 22.0. The molecule has 2 aliphatic heterocycles. The predicted molar refractivity (Wildman–Crippen MR) is 120 cm³/mol. The number of hydrogen-bond acceptors (Lipinski definition) is 4. The minimum absolute atomic E-state index is 0.00993. The first-order valence-corrected chi connectivity index (χ1v) is 10.9. The van der Waals surface area contributed by atoms with Crippen molar-refractivity contribution in [3.05, 3.63) is 58.4 Å². The molecule has 31 heavy (non-hydrogen) atoms. The van der Waals surface area contributed by atoms with E-state index < -0.39 is 17.6 Å². The van der Waals surface area contributed by atoms with E-state index in [1.807, 2.05) is 0 Å². The van der Waals surface area contributed by atoms with E-state index >= 15 is 0 Å². The Morgan fingerprint density at radius 2 is 1.87 bits per heavy atom. The number of nitrogens with one attached hydrogen (secondary N) is 2. The molecule has 0 saturated carbocycles. The third kappa shape index (κ3) is 4.83. The van der Waals surface area contributed by atoms with Gasteiger partial charge in [-0.15, -0.1) is 0 Å². The highest BCUT2D eigenvalue weighted by molar-refractivity contribution is 6.39. The molecule has 2 N–H and O–H groups in total. The number of likely N-dealkylation sites (tertiary alicyclic amines) is 1. The molecule has 1 unspecified atom stereocenters. The zero-order valence-corrected chi connectivity index (χ0v) is 18.2. The van der Waals surface area contributed by atoms with Gasteiger partial charge >= 0.3 is 11.8 Å². The first kappa shape index (κ1) is 21.6. The maximum absolute atomic E-state index is 13.3. The molecule has 164 valence electrons. The summed E-state index contributed by atoms with van der Waals surface area (Å²) in [6, 6.07) is 10.3. The standard InChI is InChI=1S/C23H26ClFN4O2/c1-28-11-8-16-12-15(4-7-20(16)28)21(29-9-2-3-10-29)14-26-22(30)23(31)27-17-5-6-19(25)18(24)13-17/h4-7,12-13,21H,2-3,8-11,14H2,1H3,(H,26,30)(H,27,31). The van der Waals surface area contributed by atoms with Crippen molar-refractivity contribution in [3.63, 3.8) is 0 Å². The van der Waals surface area contributed by atoms with Gasteiger partial charge in [0.25, 0.3) is 0 Å². The van der Waals surface area contributed by atoms with Crippen LogP contribution in [0.2, 0.25) is 5.02 Å². The van der Waals surface area contributed by atoms with Gasteiger partial charge in [0.05, 0.1) is 11.1 Å². The summed E-state index contributed by atoms with van der Waals surface area (Å²) in [4.78, 5) is 29.3. The van der Waals surface area contributed by atoms with Crippen LogP contribution in [0.4, 0.5) is 15.8 Å². The Morgan fingerprint density at radius 1 is 1.10 bits per heavy atom. The molecule has 0 bridgehead atoms. The van der Waals surface area contributed by atoms with Crippen LogP contribution in [0.25, 0.3) is 0 Å². The number of anilines is 2. The van der Waals surface area contributed by atoms with Crippen molar-refractivity contribution in [1.82, 2.24) is 10.2 Å². The highest BCUT2D eigenvalue weighted by Crippen LogP contribution is 2.32. The Hall–Kier alpha value is -2.64. The van der Waals surface area contributed by atoms with E-state index in [0.717, 1.165) is 50.5 Å². The van der Waals surface area contributed by atoms with Crippen LogP contribution in [0.15, 0.2) is 36.4 Å². The third-order valence-corrected chi connectivity index (χ3v) is 6.33. The fourth-order valence-electron chi connectivity index (χ4n) is 4.34. The van der Waals surface area contributed by atoms with Crippen molar-refractivity contribution in [3.8, 4) is 0 Å². The molecule has 1 atom stereocenters. The van der Waals surface area contributed by atoms with Gasteiger partial charge in [-0.1, -0.05) is 23.7 Å². The van der Waals surface area contributed by atoms with Gasteiger partial charge in [-0.3, -0.25) is 14.5 Å².